The fourth-order valence-electron chi connectivity index (χ4n) is 8.17. The van der Waals surface area contributed by atoms with Gasteiger partial charge in [0.05, 0.1) is 62.0 Å². The number of hydrogen-bond acceptors (Lipinski definition) is 16. The summed E-state index contributed by atoms with van der Waals surface area (Å²) in [5.41, 5.74) is 4.74. The van der Waals surface area contributed by atoms with Gasteiger partial charge in [-0.1, -0.05) is 36.6 Å². The highest BCUT2D eigenvalue weighted by molar-refractivity contribution is 7.22. The topological polar surface area (TPSA) is 183 Å². The van der Waals surface area contributed by atoms with Crippen LogP contribution in [0.2, 0.25) is 0 Å². The molecule has 0 saturated heterocycles. The molecule has 7 rings (SSSR count). The number of aliphatic hydroxyl groups is 1. The smallest absolute Gasteiger partial charge is 0.330 e. The number of fused-ring (bicyclic) bond motifs is 1. The lowest BCUT2D eigenvalue weighted by Crippen LogP contribution is -2.31. The van der Waals surface area contributed by atoms with Gasteiger partial charge in [0.25, 0.3) is 0 Å². The van der Waals surface area contributed by atoms with E-state index in [1.54, 1.807) is 54.7 Å². The normalized spacial score (nSPS) is 18.2. The second-order valence-electron chi connectivity index (χ2n) is 17.2. The minimum atomic E-state index is -0.928. The van der Waals surface area contributed by atoms with E-state index in [0.717, 1.165) is 66.5 Å². The fraction of sp³-hybridized carbons (Fsp3) is 0.389. The summed E-state index contributed by atoms with van der Waals surface area (Å²) in [7, 11) is 0. The first-order valence-electron chi connectivity index (χ1n) is 23.9. The Hall–Kier alpha value is -6.91. The van der Waals surface area contributed by atoms with Crippen molar-refractivity contribution < 1.29 is 57.4 Å². The molecule has 2 fully saturated rings. The number of esters is 3. The summed E-state index contributed by atoms with van der Waals surface area (Å²) in [5, 5.41) is 16.2. The summed E-state index contributed by atoms with van der Waals surface area (Å²) in [6.45, 7) is 9.04. The van der Waals surface area contributed by atoms with Crippen molar-refractivity contribution in [2.45, 2.75) is 70.5 Å². The van der Waals surface area contributed by atoms with Gasteiger partial charge in [-0.2, -0.15) is 5.10 Å². The molecule has 5 aromatic rings. The lowest BCUT2D eigenvalue weighted by molar-refractivity contribution is -0.140. The molecule has 0 amide bonds. The summed E-state index contributed by atoms with van der Waals surface area (Å²) in [6.07, 6.45) is 10.6. The third kappa shape index (κ3) is 16.1. The lowest BCUT2D eigenvalue weighted by Gasteiger charge is -2.31. The summed E-state index contributed by atoms with van der Waals surface area (Å²) in [5.74, 6) is 2.91. The summed E-state index contributed by atoms with van der Waals surface area (Å²) in [6, 6.07) is 27.8. The van der Waals surface area contributed by atoms with Gasteiger partial charge in [0.15, 0.2) is 6.29 Å². The van der Waals surface area contributed by atoms with E-state index < -0.39 is 18.2 Å². The Morgan fingerprint density at radius 3 is 1.89 bits per heavy atom. The molecule has 16 heteroatoms. The number of nitrogens with zero attached hydrogens (tertiary/aromatic N) is 2. The van der Waals surface area contributed by atoms with E-state index in [-0.39, 0.29) is 36.9 Å². The van der Waals surface area contributed by atoms with Crippen LogP contribution in [0.25, 0.3) is 10.2 Å². The van der Waals surface area contributed by atoms with Gasteiger partial charge in [-0.3, -0.25) is 10.2 Å². The number of benzene rings is 4. The monoisotopic (exact) mass is 975 g/mol. The average molecular weight is 976 g/mol. The summed E-state index contributed by atoms with van der Waals surface area (Å²) >= 11 is 1.52. The minimum Gasteiger partial charge on any atom is -0.493 e. The minimum absolute atomic E-state index is 0.00226. The molecular weight excluding hydrogens is 915 g/mol. The molecule has 70 heavy (non-hydrogen) atoms. The molecule has 4 aromatic carbocycles. The maximum atomic E-state index is 13.1. The van der Waals surface area contributed by atoms with Crippen molar-refractivity contribution in [1.82, 2.24) is 4.98 Å². The Kier molecular flexibility index (Phi) is 19.5. The van der Waals surface area contributed by atoms with Crippen LogP contribution < -0.4 is 33.8 Å². The predicted octanol–water partition coefficient (Wildman–Crippen LogP) is 10.1. The Bertz CT molecular complexity index is 2460. The molecule has 0 bridgehead atoms. The van der Waals surface area contributed by atoms with Crippen molar-refractivity contribution in [2.24, 2.45) is 28.8 Å². The van der Waals surface area contributed by atoms with E-state index in [9.17, 15) is 19.5 Å². The first kappa shape index (κ1) is 51.0. The number of aromatic nitrogens is 1. The third-order valence-corrected chi connectivity index (χ3v) is 13.1. The average Bonchev–Trinajstić information content (AvgIpc) is 3.81. The number of carbonyl (C=O) groups is 3. The van der Waals surface area contributed by atoms with Crippen LogP contribution in [0.5, 0.6) is 34.5 Å². The lowest BCUT2D eigenvalue weighted by atomic mass is 9.82. The highest BCUT2D eigenvalue weighted by Gasteiger charge is 2.30. The molecule has 370 valence electrons. The van der Waals surface area contributed by atoms with E-state index in [1.165, 1.54) is 11.3 Å². The number of hydrogen-bond donors (Lipinski definition) is 2. The Balaban J connectivity index is 0.856. The quantitative estimate of drug-likeness (QED) is 0.0102. The van der Waals surface area contributed by atoms with E-state index in [2.05, 4.69) is 28.7 Å². The maximum absolute atomic E-state index is 13.1. The molecule has 2 aliphatic carbocycles. The zero-order chi connectivity index (χ0) is 48.9. The Morgan fingerprint density at radius 2 is 1.26 bits per heavy atom. The molecule has 2 N–H and O–H groups in total. The molecule has 2 saturated carbocycles. The largest absolute Gasteiger partial charge is 0.493 e. The van der Waals surface area contributed by atoms with Crippen LogP contribution in [-0.2, 0) is 23.9 Å². The van der Waals surface area contributed by atoms with Gasteiger partial charge in [-0.15, -0.1) is 0 Å². The van der Waals surface area contributed by atoms with Crippen LogP contribution in [0, 0.1) is 23.7 Å². The number of aliphatic hydroxyl groups excluding tert-OH is 1. The number of thiazole rings is 1. The van der Waals surface area contributed by atoms with Crippen molar-refractivity contribution >= 4 is 50.8 Å². The standard InChI is InChI=1S/C54H61N3O12S/c1-3-50(58)64-31-7-29-62-42-19-23-44(24-20-42)68-52(60)39-15-11-37(12-16-39)35-66-46-27-28-48(41(33-46)34-55-57-54-56-47-9-5-6-10-49(47)70-54)67-36-38-13-17-40(18-14-38)53(61)69-45-25-21-43(22-26-45)63-30-8-32-65-51(59)4-2/h3-6,9-10,19-28,33-34,37-40,52,60H,1-2,7-8,11-18,29-32,35-36H2,(H,56,57)/b55-34+. The van der Waals surface area contributed by atoms with Crippen LogP contribution in [0.3, 0.4) is 0 Å². The Morgan fingerprint density at radius 1 is 0.686 bits per heavy atom. The van der Waals surface area contributed by atoms with Crippen molar-refractivity contribution in [2.75, 3.05) is 45.1 Å². The number of nitrogens with one attached hydrogen (secondary N) is 1. The van der Waals surface area contributed by atoms with Gasteiger partial charge in [-0.05, 0) is 142 Å². The summed E-state index contributed by atoms with van der Waals surface area (Å²) < 4.78 is 46.8. The molecule has 2 aliphatic rings. The second-order valence-corrected chi connectivity index (χ2v) is 18.2. The fourth-order valence-corrected chi connectivity index (χ4v) is 8.98. The number of anilines is 1. The molecular formula is C54H61N3O12S. The third-order valence-electron chi connectivity index (χ3n) is 12.1. The molecule has 1 aromatic heterocycles. The number of para-hydroxylation sites is 1. The van der Waals surface area contributed by atoms with Crippen molar-refractivity contribution in [3.8, 4) is 34.5 Å². The zero-order valence-corrected chi connectivity index (χ0v) is 40.1. The van der Waals surface area contributed by atoms with Crippen LogP contribution in [0.1, 0.15) is 69.8 Å². The van der Waals surface area contributed by atoms with Crippen molar-refractivity contribution in [3.63, 3.8) is 0 Å². The number of carbonyl (C=O) groups excluding carboxylic acids is 3. The number of hydrazone groups is 1. The van der Waals surface area contributed by atoms with Crippen LogP contribution in [0.4, 0.5) is 5.13 Å². The first-order valence-corrected chi connectivity index (χ1v) is 24.7. The molecule has 0 spiro atoms. The molecule has 1 unspecified atom stereocenters. The van der Waals surface area contributed by atoms with Crippen LogP contribution in [0.15, 0.2) is 121 Å². The molecule has 1 heterocycles. The van der Waals surface area contributed by atoms with Gasteiger partial charge in [-0.25, -0.2) is 14.6 Å². The SMILES string of the molecule is C=CC(=O)OCCCOc1ccc(OC(=O)C2CCC(COc3ccc(OCC4CCC(C(O)Oc5ccc(OCCCOC(=O)C=C)cc5)CC4)cc3/C=N/Nc3nc4ccccc4s3)CC2)cc1. The van der Waals surface area contributed by atoms with Crippen molar-refractivity contribution in [3.05, 3.63) is 122 Å². The van der Waals surface area contributed by atoms with E-state index in [4.69, 9.17) is 37.9 Å². The highest BCUT2D eigenvalue weighted by atomic mass is 32.1. The summed E-state index contributed by atoms with van der Waals surface area (Å²) in [4.78, 5) is 40.1. The molecule has 0 aliphatic heterocycles. The highest BCUT2D eigenvalue weighted by Crippen LogP contribution is 2.35. The molecule has 15 nitrogen and oxygen atoms in total. The molecule has 0 radical (unpaired) electrons. The van der Waals surface area contributed by atoms with E-state index in [0.29, 0.717) is 97.7 Å². The van der Waals surface area contributed by atoms with Gasteiger partial charge < -0.3 is 43.0 Å². The molecule has 1 atom stereocenters. The second kappa shape index (κ2) is 26.7. The number of rotatable bonds is 26. The van der Waals surface area contributed by atoms with E-state index in [1.807, 2.05) is 42.5 Å². The van der Waals surface area contributed by atoms with E-state index >= 15 is 0 Å². The van der Waals surface area contributed by atoms with Gasteiger partial charge in [0, 0.05) is 36.5 Å². The maximum Gasteiger partial charge on any atom is 0.330 e. The zero-order valence-electron chi connectivity index (χ0n) is 39.2. The first-order chi connectivity index (χ1) is 34.2. The van der Waals surface area contributed by atoms with Crippen LogP contribution >= 0.6 is 11.3 Å². The van der Waals surface area contributed by atoms with Gasteiger partial charge in [0.2, 0.25) is 5.13 Å². The Labute approximate surface area is 412 Å². The number of ether oxygens (including phenoxy) is 8. The van der Waals surface area contributed by atoms with Crippen LogP contribution in [-0.4, -0.2) is 80.1 Å². The predicted molar refractivity (Wildman–Crippen MR) is 267 cm³/mol. The van der Waals surface area contributed by atoms with Gasteiger partial charge >= 0.3 is 17.9 Å². The van der Waals surface area contributed by atoms with Crippen molar-refractivity contribution in [1.29, 1.82) is 0 Å². The van der Waals surface area contributed by atoms with Gasteiger partial charge in [0.1, 0.15) is 34.5 Å².